The van der Waals surface area contributed by atoms with Crippen molar-refractivity contribution in [2.45, 2.75) is 39.7 Å². The van der Waals surface area contributed by atoms with E-state index >= 15 is 0 Å². The van der Waals surface area contributed by atoms with Crippen molar-refractivity contribution in [1.29, 1.82) is 0 Å². The van der Waals surface area contributed by atoms with Crippen LogP contribution in [0.5, 0.6) is 17.2 Å². The molecule has 166 valence electrons. The number of nitrogens with one attached hydrogen (secondary N) is 1. The van der Waals surface area contributed by atoms with Gasteiger partial charge in [-0.3, -0.25) is 14.5 Å². The second-order valence-corrected chi connectivity index (χ2v) is 7.15. The van der Waals surface area contributed by atoms with Gasteiger partial charge in [0.1, 0.15) is 12.3 Å². The molecule has 7 nitrogen and oxygen atoms in total. The second kappa shape index (κ2) is 10.7. The number of ether oxygens (including phenoxy) is 3. The molecule has 2 aromatic rings. The first-order chi connectivity index (χ1) is 15.1. The second-order valence-electron chi connectivity index (χ2n) is 7.15. The average Bonchev–Trinajstić information content (AvgIpc) is 2.77. The van der Waals surface area contributed by atoms with Crippen LogP contribution in [0, 0.1) is 0 Å². The lowest BCUT2D eigenvalue weighted by atomic mass is 10.1. The van der Waals surface area contributed by atoms with Crippen LogP contribution < -0.4 is 24.4 Å². The number of nitrogens with zero attached hydrogens (tertiary/aromatic N) is 1. The monoisotopic (exact) mass is 426 g/mol. The third-order valence-electron chi connectivity index (χ3n) is 4.98. The predicted molar refractivity (Wildman–Crippen MR) is 119 cm³/mol. The Morgan fingerprint density at radius 1 is 1.06 bits per heavy atom. The lowest BCUT2D eigenvalue weighted by molar-refractivity contribution is -0.129. The maximum Gasteiger partial charge on any atom is 0.268 e. The van der Waals surface area contributed by atoms with Crippen LogP contribution >= 0.6 is 0 Å². The van der Waals surface area contributed by atoms with Crippen LogP contribution in [0.25, 0.3) is 0 Å². The minimum atomic E-state index is -0.566. The van der Waals surface area contributed by atoms with Gasteiger partial charge < -0.3 is 19.5 Å². The quantitative estimate of drug-likeness (QED) is 0.631. The van der Waals surface area contributed by atoms with Crippen LogP contribution in [0.1, 0.15) is 32.8 Å². The maximum atomic E-state index is 12.7. The van der Waals surface area contributed by atoms with Crippen molar-refractivity contribution in [3.05, 3.63) is 48.0 Å². The molecule has 3 rings (SSSR count). The van der Waals surface area contributed by atoms with Gasteiger partial charge in [-0.2, -0.15) is 0 Å². The SMILES string of the molecule is CCOc1ccc(CCNC(=O)CN2C(=O)[C@@H](CC)Oc3ccccc32)cc1OCC. The molecule has 7 heteroatoms. The van der Waals surface area contributed by atoms with Gasteiger partial charge in [-0.1, -0.05) is 25.1 Å². The third kappa shape index (κ3) is 5.48. The molecular formula is C24H30N2O5. The van der Waals surface area contributed by atoms with Gasteiger partial charge in [-0.05, 0) is 56.5 Å². The number of fused-ring (bicyclic) bond motifs is 1. The van der Waals surface area contributed by atoms with E-state index in [1.54, 1.807) is 6.07 Å². The lowest BCUT2D eigenvalue weighted by Gasteiger charge is -2.33. The van der Waals surface area contributed by atoms with Crippen molar-refractivity contribution < 1.29 is 23.8 Å². The van der Waals surface area contributed by atoms with Crippen LogP contribution in [0.4, 0.5) is 5.69 Å². The molecule has 1 aliphatic heterocycles. The Morgan fingerprint density at radius 3 is 2.55 bits per heavy atom. The number of carbonyl (C=O) groups excluding carboxylic acids is 2. The van der Waals surface area contributed by atoms with Crippen molar-refractivity contribution in [3.8, 4) is 17.2 Å². The number of rotatable bonds is 10. The number of amides is 2. The molecule has 0 aromatic heterocycles. The third-order valence-corrected chi connectivity index (χ3v) is 4.98. The van der Waals surface area contributed by atoms with E-state index in [-0.39, 0.29) is 18.4 Å². The van der Waals surface area contributed by atoms with E-state index in [9.17, 15) is 9.59 Å². The van der Waals surface area contributed by atoms with E-state index in [1.807, 2.05) is 57.2 Å². The lowest BCUT2D eigenvalue weighted by Crippen LogP contribution is -2.49. The fourth-order valence-electron chi connectivity index (χ4n) is 3.49. The minimum absolute atomic E-state index is 0.0385. The molecule has 1 atom stereocenters. The molecule has 31 heavy (non-hydrogen) atoms. The molecule has 1 heterocycles. The van der Waals surface area contributed by atoms with E-state index in [0.717, 1.165) is 5.56 Å². The summed E-state index contributed by atoms with van der Waals surface area (Å²) in [5.74, 6) is 1.64. The van der Waals surface area contributed by atoms with Gasteiger partial charge in [0.15, 0.2) is 17.6 Å². The van der Waals surface area contributed by atoms with Crippen LogP contribution in [0.3, 0.4) is 0 Å². The van der Waals surface area contributed by atoms with Gasteiger partial charge >= 0.3 is 0 Å². The molecule has 0 unspecified atom stereocenters. The molecule has 0 radical (unpaired) electrons. The van der Waals surface area contributed by atoms with Gasteiger partial charge in [0.2, 0.25) is 5.91 Å². The smallest absolute Gasteiger partial charge is 0.268 e. The largest absolute Gasteiger partial charge is 0.490 e. The van der Waals surface area contributed by atoms with E-state index in [1.165, 1.54) is 4.90 Å². The van der Waals surface area contributed by atoms with Gasteiger partial charge in [-0.15, -0.1) is 0 Å². The van der Waals surface area contributed by atoms with E-state index < -0.39 is 6.10 Å². The van der Waals surface area contributed by atoms with Crippen molar-refractivity contribution >= 4 is 17.5 Å². The normalized spacial score (nSPS) is 15.1. The van der Waals surface area contributed by atoms with Crippen molar-refractivity contribution in [1.82, 2.24) is 5.32 Å². The molecule has 0 saturated carbocycles. The molecule has 1 N–H and O–H groups in total. The average molecular weight is 427 g/mol. The molecule has 1 aliphatic rings. The molecule has 0 spiro atoms. The van der Waals surface area contributed by atoms with E-state index in [0.29, 0.717) is 55.5 Å². The molecule has 0 fully saturated rings. The first-order valence-corrected chi connectivity index (χ1v) is 10.8. The molecule has 0 saturated heterocycles. The highest BCUT2D eigenvalue weighted by Gasteiger charge is 2.34. The summed E-state index contributed by atoms with van der Waals surface area (Å²) in [5.41, 5.74) is 1.66. The molecule has 2 aromatic carbocycles. The summed E-state index contributed by atoms with van der Waals surface area (Å²) in [6.45, 7) is 7.28. The summed E-state index contributed by atoms with van der Waals surface area (Å²) in [6.07, 6.45) is 0.623. The fraction of sp³-hybridized carbons (Fsp3) is 0.417. The summed E-state index contributed by atoms with van der Waals surface area (Å²) in [4.78, 5) is 26.8. The Hall–Kier alpha value is -3.22. The summed E-state index contributed by atoms with van der Waals surface area (Å²) in [5, 5.41) is 2.91. The van der Waals surface area contributed by atoms with Gasteiger partial charge in [0.05, 0.1) is 18.9 Å². The van der Waals surface area contributed by atoms with Crippen molar-refractivity contribution in [2.75, 3.05) is 31.2 Å². The zero-order chi connectivity index (χ0) is 22.2. The molecular weight excluding hydrogens is 396 g/mol. The van der Waals surface area contributed by atoms with Crippen LogP contribution in [0.2, 0.25) is 0 Å². The van der Waals surface area contributed by atoms with E-state index in [4.69, 9.17) is 14.2 Å². The molecule has 2 amide bonds. The predicted octanol–water partition coefficient (Wildman–Crippen LogP) is 3.35. The summed E-state index contributed by atoms with van der Waals surface area (Å²) < 4.78 is 17.0. The van der Waals surface area contributed by atoms with Crippen molar-refractivity contribution in [2.24, 2.45) is 0 Å². The highest BCUT2D eigenvalue weighted by atomic mass is 16.5. The number of carbonyl (C=O) groups is 2. The fourth-order valence-corrected chi connectivity index (χ4v) is 3.49. The molecule has 0 bridgehead atoms. The standard InChI is InChI=1S/C24H30N2O5/c1-4-19-24(28)26(18-9-7-8-10-20(18)31-19)16-23(27)25-14-13-17-11-12-21(29-5-2)22(15-17)30-6-3/h7-12,15,19H,4-6,13-14,16H2,1-3H3,(H,25,27)/t19-/m1/s1. The van der Waals surface area contributed by atoms with Gasteiger partial charge in [0, 0.05) is 6.54 Å². The highest BCUT2D eigenvalue weighted by Crippen LogP contribution is 2.34. The van der Waals surface area contributed by atoms with Gasteiger partial charge in [-0.25, -0.2) is 0 Å². The Labute approximate surface area is 183 Å². The van der Waals surface area contributed by atoms with Crippen LogP contribution in [0.15, 0.2) is 42.5 Å². The molecule has 0 aliphatic carbocycles. The maximum absolute atomic E-state index is 12.7. The number of para-hydroxylation sites is 2. The Bertz CT molecular complexity index is 915. The minimum Gasteiger partial charge on any atom is -0.490 e. The first-order valence-electron chi connectivity index (χ1n) is 10.8. The Kier molecular flexibility index (Phi) is 7.76. The van der Waals surface area contributed by atoms with Crippen molar-refractivity contribution in [3.63, 3.8) is 0 Å². The van der Waals surface area contributed by atoms with Crippen LogP contribution in [-0.2, 0) is 16.0 Å². The topological polar surface area (TPSA) is 77.1 Å². The summed E-state index contributed by atoms with van der Waals surface area (Å²) in [7, 11) is 0. The number of hydrogen-bond donors (Lipinski definition) is 1. The first kappa shape index (κ1) is 22.5. The van der Waals surface area contributed by atoms with Gasteiger partial charge in [0.25, 0.3) is 5.91 Å². The Balaban J connectivity index is 1.59. The Morgan fingerprint density at radius 2 is 1.81 bits per heavy atom. The number of benzene rings is 2. The van der Waals surface area contributed by atoms with Crippen LogP contribution in [-0.4, -0.2) is 44.2 Å². The highest BCUT2D eigenvalue weighted by molar-refractivity contribution is 6.03. The zero-order valence-electron chi connectivity index (χ0n) is 18.3. The van der Waals surface area contributed by atoms with E-state index in [2.05, 4.69) is 5.32 Å². The summed E-state index contributed by atoms with van der Waals surface area (Å²) in [6, 6.07) is 13.1. The number of hydrogen-bond acceptors (Lipinski definition) is 5. The number of anilines is 1. The summed E-state index contributed by atoms with van der Waals surface area (Å²) >= 11 is 0. The zero-order valence-corrected chi connectivity index (χ0v) is 18.3.